The third-order valence-electron chi connectivity index (χ3n) is 3.54. The van der Waals surface area contributed by atoms with Crippen LogP contribution < -0.4 is 5.32 Å². The molecule has 0 heterocycles. The van der Waals surface area contributed by atoms with Crippen LogP contribution in [0.4, 0.5) is 15.8 Å². The molecule has 0 spiro atoms. The summed E-state index contributed by atoms with van der Waals surface area (Å²) in [5.41, 5.74) is 0.0648. The van der Waals surface area contributed by atoms with E-state index < -0.39 is 21.7 Å². The third kappa shape index (κ3) is 4.23. The Kier molecular flexibility index (Phi) is 6.05. The van der Waals surface area contributed by atoms with Gasteiger partial charge in [0.2, 0.25) is 15.7 Å². The Morgan fingerprint density at radius 1 is 1.31 bits per heavy atom. The van der Waals surface area contributed by atoms with E-state index in [9.17, 15) is 17.6 Å². The predicted molar refractivity (Wildman–Crippen MR) is 94.0 cm³/mol. The van der Waals surface area contributed by atoms with Crippen molar-refractivity contribution in [2.75, 3.05) is 25.5 Å². The number of nitrogens with zero attached hydrogens (tertiary/aromatic N) is 2. The van der Waals surface area contributed by atoms with E-state index in [0.29, 0.717) is 0 Å². The Morgan fingerprint density at radius 3 is 2.69 bits per heavy atom. The summed E-state index contributed by atoms with van der Waals surface area (Å²) in [6.45, 7) is 6.48. The van der Waals surface area contributed by atoms with Crippen LogP contribution in [0.25, 0.3) is 4.85 Å². The molecular formula is C17H16FN3O4S. The fourth-order valence-electron chi connectivity index (χ4n) is 2.12. The molecule has 0 aliphatic rings. The van der Waals surface area contributed by atoms with Crippen LogP contribution in [0.5, 0.6) is 0 Å². The number of benzene rings is 2. The Labute approximate surface area is 150 Å². The first-order valence-electron chi connectivity index (χ1n) is 7.45. The fourth-order valence-corrected chi connectivity index (χ4v) is 3.33. The molecule has 0 fully saturated rings. The molecule has 2 rings (SSSR count). The summed E-state index contributed by atoms with van der Waals surface area (Å²) in [7, 11) is -2.52. The lowest BCUT2D eigenvalue weighted by Gasteiger charge is -2.16. The Hall–Kier alpha value is -2.80. The molecule has 0 saturated carbocycles. The number of sulfonamides is 1. The second kappa shape index (κ2) is 8.05. The van der Waals surface area contributed by atoms with Gasteiger partial charge in [0.05, 0.1) is 18.1 Å². The van der Waals surface area contributed by atoms with Crippen molar-refractivity contribution in [1.29, 1.82) is 0 Å². The van der Waals surface area contributed by atoms with Crippen LogP contribution >= 0.6 is 0 Å². The molecule has 2 aromatic carbocycles. The van der Waals surface area contributed by atoms with Crippen molar-refractivity contribution in [2.24, 2.45) is 0 Å². The lowest BCUT2D eigenvalue weighted by Crippen LogP contribution is -2.29. The van der Waals surface area contributed by atoms with E-state index >= 15 is 0 Å². The first-order valence-corrected chi connectivity index (χ1v) is 8.89. The van der Waals surface area contributed by atoms with Crippen molar-refractivity contribution >= 4 is 27.3 Å². The zero-order valence-corrected chi connectivity index (χ0v) is 14.6. The molecule has 0 aromatic heterocycles. The molecule has 0 aliphatic heterocycles. The summed E-state index contributed by atoms with van der Waals surface area (Å²) in [6, 6.07) is 8.96. The van der Waals surface area contributed by atoms with Gasteiger partial charge < -0.3 is 10.4 Å². The van der Waals surface area contributed by atoms with Crippen molar-refractivity contribution in [1.82, 2.24) is 4.31 Å². The zero-order chi connectivity index (χ0) is 19.3. The van der Waals surface area contributed by atoms with Gasteiger partial charge in [-0.2, -0.15) is 4.31 Å². The Morgan fingerprint density at radius 2 is 2.04 bits per heavy atom. The zero-order valence-electron chi connectivity index (χ0n) is 13.8. The summed E-state index contributed by atoms with van der Waals surface area (Å²) in [6.07, 6.45) is 0. The largest absolute Gasteiger partial charge is 0.395 e. The Balaban J connectivity index is 2.27. The number of amides is 1. The molecule has 0 atom stereocenters. The smallest absolute Gasteiger partial charge is 0.255 e. The maximum atomic E-state index is 13.3. The summed E-state index contributed by atoms with van der Waals surface area (Å²) in [5.74, 6) is -1.30. The van der Waals surface area contributed by atoms with Gasteiger partial charge in [-0.25, -0.2) is 17.7 Å². The first kappa shape index (κ1) is 19.5. The van der Waals surface area contributed by atoms with Crippen LogP contribution in [-0.4, -0.2) is 43.9 Å². The maximum absolute atomic E-state index is 13.3. The predicted octanol–water partition coefficient (Wildman–Crippen LogP) is 2.24. The molecule has 9 heteroatoms. The number of likely N-dealkylation sites (N-methyl/N-ethyl adjacent to an activating group) is 1. The van der Waals surface area contributed by atoms with Crippen molar-refractivity contribution in [3.63, 3.8) is 0 Å². The van der Waals surface area contributed by atoms with Gasteiger partial charge in [0, 0.05) is 24.8 Å². The topological polar surface area (TPSA) is 91.1 Å². The van der Waals surface area contributed by atoms with Gasteiger partial charge in [0.25, 0.3) is 5.91 Å². The highest BCUT2D eigenvalue weighted by Crippen LogP contribution is 2.23. The molecule has 26 heavy (non-hydrogen) atoms. The quantitative estimate of drug-likeness (QED) is 0.756. The number of nitrogens with one attached hydrogen (secondary N) is 1. The molecule has 0 saturated heterocycles. The van der Waals surface area contributed by atoms with E-state index in [1.807, 2.05) is 0 Å². The molecule has 0 radical (unpaired) electrons. The molecule has 7 nitrogen and oxygen atoms in total. The summed E-state index contributed by atoms with van der Waals surface area (Å²) in [5, 5.41) is 11.4. The standard InChI is InChI=1S/C17H16FN3O4S/c1-19-16-11-13(6-7-15(16)18)20-17(23)12-4-3-5-14(10-12)26(24,25)21(2)8-9-22/h3-7,10-11,22H,8-9H2,2H3,(H,20,23). The summed E-state index contributed by atoms with van der Waals surface area (Å²) < 4.78 is 39.1. The molecule has 2 aromatic rings. The van der Waals surface area contributed by atoms with Crippen LogP contribution in [0.2, 0.25) is 0 Å². The van der Waals surface area contributed by atoms with Gasteiger partial charge in [0.1, 0.15) is 5.82 Å². The van der Waals surface area contributed by atoms with Crippen LogP contribution in [0, 0.1) is 12.4 Å². The number of carbonyl (C=O) groups is 1. The minimum atomic E-state index is -3.84. The number of hydrogen-bond acceptors (Lipinski definition) is 4. The second-order valence-corrected chi connectivity index (χ2v) is 7.36. The van der Waals surface area contributed by atoms with Gasteiger partial charge in [-0.1, -0.05) is 6.07 Å². The normalized spacial score (nSPS) is 11.2. The van der Waals surface area contributed by atoms with Crippen LogP contribution in [0.1, 0.15) is 10.4 Å². The number of anilines is 1. The van der Waals surface area contributed by atoms with Gasteiger partial charge in [-0.15, -0.1) is 0 Å². The summed E-state index contributed by atoms with van der Waals surface area (Å²) in [4.78, 5) is 15.3. The van der Waals surface area contributed by atoms with Crippen LogP contribution in [-0.2, 0) is 10.0 Å². The monoisotopic (exact) mass is 377 g/mol. The molecular weight excluding hydrogens is 361 g/mol. The third-order valence-corrected chi connectivity index (χ3v) is 5.40. The summed E-state index contributed by atoms with van der Waals surface area (Å²) >= 11 is 0. The number of halogens is 1. The SMILES string of the molecule is [C-]#[N+]c1cc(NC(=O)c2cccc(S(=O)(=O)N(C)CCO)c2)ccc1F. The average molecular weight is 377 g/mol. The first-order chi connectivity index (χ1) is 12.3. The van der Waals surface area contributed by atoms with E-state index in [1.54, 1.807) is 0 Å². The van der Waals surface area contributed by atoms with E-state index in [2.05, 4.69) is 10.2 Å². The van der Waals surface area contributed by atoms with E-state index in [1.165, 1.54) is 43.4 Å². The van der Waals surface area contributed by atoms with E-state index in [0.717, 1.165) is 10.4 Å². The molecule has 1 amide bonds. The van der Waals surface area contributed by atoms with Gasteiger partial charge in [-0.3, -0.25) is 4.79 Å². The minimum absolute atomic E-state index is 0.0757. The molecule has 2 N–H and O–H groups in total. The number of aliphatic hydroxyl groups is 1. The lowest BCUT2D eigenvalue weighted by atomic mass is 10.2. The Bertz CT molecular complexity index is 970. The minimum Gasteiger partial charge on any atom is -0.395 e. The number of rotatable bonds is 6. The van der Waals surface area contributed by atoms with E-state index in [4.69, 9.17) is 11.7 Å². The second-order valence-electron chi connectivity index (χ2n) is 5.31. The van der Waals surface area contributed by atoms with Crippen molar-refractivity contribution in [2.45, 2.75) is 4.90 Å². The van der Waals surface area contributed by atoms with Crippen LogP contribution in [0.15, 0.2) is 47.4 Å². The number of hydrogen-bond donors (Lipinski definition) is 2. The molecule has 136 valence electrons. The highest BCUT2D eigenvalue weighted by Gasteiger charge is 2.21. The van der Waals surface area contributed by atoms with Crippen LogP contribution in [0.3, 0.4) is 0 Å². The van der Waals surface area contributed by atoms with Crippen molar-refractivity contribution < 1.29 is 22.7 Å². The average Bonchev–Trinajstić information content (AvgIpc) is 2.63. The van der Waals surface area contributed by atoms with Gasteiger partial charge >= 0.3 is 0 Å². The maximum Gasteiger partial charge on any atom is 0.255 e. The molecule has 0 unspecified atom stereocenters. The number of carbonyl (C=O) groups excluding carboxylic acids is 1. The lowest BCUT2D eigenvalue weighted by molar-refractivity contribution is 0.102. The van der Waals surface area contributed by atoms with Gasteiger partial charge in [0.15, 0.2) is 0 Å². The molecule has 0 aliphatic carbocycles. The highest BCUT2D eigenvalue weighted by molar-refractivity contribution is 7.89. The van der Waals surface area contributed by atoms with E-state index in [-0.39, 0.29) is 35.0 Å². The van der Waals surface area contributed by atoms with Crippen molar-refractivity contribution in [3.8, 4) is 0 Å². The van der Waals surface area contributed by atoms with Crippen molar-refractivity contribution in [3.05, 3.63) is 65.3 Å². The van der Waals surface area contributed by atoms with Gasteiger partial charge in [-0.05, 0) is 36.4 Å². The highest BCUT2D eigenvalue weighted by atomic mass is 32.2. The number of aliphatic hydroxyl groups excluding tert-OH is 1. The molecule has 0 bridgehead atoms. The fraction of sp³-hybridized carbons (Fsp3) is 0.176.